The Bertz CT molecular complexity index is 712. The van der Waals surface area contributed by atoms with Crippen molar-refractivity contribution in [3.63, 3.8) is 0 Å². The molecule has 1 saturated carbocycles. The van der Waals surface area contributed by atoms with Gasteiger partial charge in [-0.3, -0.25) is 9.79 Å². The van der Waals surface area contributed by atoms with E-state index in [2.05, 4.69) is 26.2 Å². The highest BCUT2D eigenvalue weighted by atomic mass is 79.9. The first kappa shape index (κ1) is 17.4. The number of methoxy groups -OCH3 is 1. The minimum atomic E-state index is -0.187. The van der Waals surface area contributed by atoms with Crippen molar-refractivity contribution in [3.8, 4) is 11.5 Å². The van der Waals surface area contributed by atoms with E-state index >= 15 is 0 Å². The van der Waals surface area contributed by atoms with Gasteiger partial charge in [0.15, 0.2) is 16.7 Å². The van der Waals surface area contributed by atoms with Crippen LogP contribution < -0.4 is 10.1 Å². The summed E-state index contributed by atoms with van der Waals surface area (Å²) in [4.78, 5) is 17.4. The predicted molar refractivity (Wildman–Crippen MR) is 100 cm³/mol. The first-order valence-corrected chi connectivity index (χ1v) is 9.53. The van der Waals surface area contributed by atoms with Gasteiger partial charge in [0, 0.05) is 10.0 Å². The Kier molecular flexibility index (Phi) is 5.50. The maximum Gasteiger partial charge on any atom is 0.264 e. The predicted octanol–water partition coefficient (Wildman–Crippen LogP) is 4.06. The van der Waals surface area contributed by atoms with Gasteiger partial charge in [0.25, 0.3) is 5.91 Å². The second-order valence-electron chi connectivity index (χ2n) is 5.84. The Balaban J connectivity index is 1.82. The third-order valence-corrected chi connectivity index (χ3v) is 5.48. The zero-order valence-corrected chi connectivity index (χ0v) is 15.7. The number of aliphatic imine (C=N–C) groups is 1. The number of ether oxygens (including phenoxy) is 1. The second kappa shape index (κ2) is 7.61. The fourth-order valence-corrected chi connectivity index (χ4v) is 4.20. The number of nitrogens with zero attached hydrogens (tertiary/aromatic N) is 1. The van der Waals surface area contributed by atoms with Crippen molar-refractivity contribution in [3.05, 3.63) is 27.1 Å². The topological polar surface area (TPSA) is 70.9 Å². The number of thioether (sulfide) groups is 1. The lowest BCUT2D eigenvalue weighted by atomic mass is 9.96. The van der Waals surface area contributed by atoms with Crippen molar-refractivity contribution in [2.24, 2.45) is 4.99 Å². The van der Waals surface area contributed by atoms with E-state index in [1.165, 1.54) is 38.1 Å². The maximum absolute atomic E-state index is 12.2. The Morgan fingerprint density at radius 3 is 2.83 bits per heavy atom. The number of hydrogen-bond acceptors (Lipinski definition) is 5. The molecule has 1 aromatic carbocycles. The largest absolute Gasteiger partial charge is 0.504 e. The first-order valence-electron chi connectivity index (χ1n) is 7.92. The molecule has 0 spiro atoms. The molecule has 2 fully saturated rings. The molecule has 7 heteroatoms. The number of phenolic OH excluding ortho intramolecular Hbond substituents is 1. The highest BCUT2D eigenvalue weighted by Gasteiger charge is 2.26. The van der Waals surface area contributed by atoms with Crippen LogP contribution in [0.5, 0.6) is 11.5 Å². The Morgan fingerprint density at radius 2 is 2.12 bits per heavy atom. The Hall–Kier alpha value is -1.47. The van der Waals surface area contributed by atoms with Gasteiger partial charge >= 0.3 is 0 Å². The van der Waals surface area contributed by atoms with Gasteiger partial charge in [0.05, 0.1) is 18.1 Å². The molecule has 0 aromatic heterocycles. The van der Waals surface area contributed by atoms with Crippen LogP contribution in [0, 0.1) is 0 Å². The monoisotopic (exact) mass is 410 g/mol. The van der Waals surface area contributed by atoms with Crippen LogP contribution >= 0.6 is 27.7 Å². The average molecular weight is 411 g/mol. The lowest BCUT2D eigenvalue weighted by molar-refractivity contribution is -0.115. The molecular weight excluding hydrogens is 392 g/mol. The van der Waals surface area contributed by atoms with Crippen LogP contribution in [0.25, 0.3) is 6.08 Å². The number of rotatable bonds is 3. The summed E-state index contributed by atoms with van der Waals surface area (Å²) in [7, 11) is 1.49. The normalized spacial score (nSPS) is 22.2. The molecule has 3 rings (SSSR count). The van der Waals surface area contributed by atoms with Gasteiger partial charge < -0.3 is 15.2 Å². The van der Waals surface area contributed by atoms with Gasteiger partial charge in [0.2, 0.25) is 0 Å². The van der Waals surface area contributed by atoms with Crippen LogP contribution in [-0.2, 0) is 4.79 Å². The minimum absolute atomic E-state index is 0.0132. The van der Waals surface area contributed by atoms with Crippen molar-refractivity contribution >= 4 is 44.8 Å². The second-order valence-corrected chi connectivity index (χ2v) is 7.78. The molecule has 128 valence electrons. The molecule has 1 amide bonds. The molecule has 1 aromatic rings. The zero-order chi connectivity index (χ0) is 17.1. The van der Waals surface area contributed by atoms with E-state index < -0.39 is 0 Å². The van der Waals surface area contributed by atoms with Gasteiger partial charge in [-0.15, -0.1) is 0 Å². The van der Waals surface area contributed by atoms with Gasteiger partial charge in [-0.05, 0) is 42.8 Å². The number of carbonyl (C=O) groups excluding carboxylic acids is 1. The van der Waals surface area contributed by atoms with Crippen molar-refractivity contribution in [2.75, 3.05) is 7.11 Å². The fourth-order valence-electron chi connectivity index (χ4n) is 2.87. The summed E-state index contributed by atoms with van der Waals surface area (Å²) in [6, 6.07) is 3.73. The van der Waals surface area contributed by atoms with Gasteiger partial charge in [-0.1, -0.05) is 35.2 Å². The standard InChI is InChI=1S/C17H19BrN2O3S/c1-23-13-9-11(18)7-10(15(13)21)8-14-16(22)20-17(24-14)19-12-5-3-2-4-6-12/h7-9,12,21H,2-6H2,1H3,(H,19,20,22)/b14-8-. The van der Waals surface area contributed by atoms with Crippen molar-refractivity contribution in [1.29, 1.82) is 0 Å². The van der Waals surface area contributed by atoms with Gasteiger partial charge in [-0.25, -0.2) is 0 Å². The molecule has 2 aliphatic rings. The van der Waals surface area contributed by atoms with E-state index in [9.17, 15) is 9.90 Å². The van der Waals surface area contributed by atoms with Crippen LogP contribution in [0.2, 0.25) is 0 Å². The molecule has 0 bridgehead atoms. The van der Waals surface area contributed by atoms with Crippen molar-refractivity contribution < 1.29 is 14.6 Å². The first-order chi connectivity index (χ1) is 11.6. The molecule has 1 heterocycles. The van der Waals surface area contributed by atoms with Gasteiger partial charge in [0.1, 0.15) is 0 Å². The van der Waals surface area contributed by atoms with Crippen LogP contribution in [0.4, 0.5) is 0 Å². The summed E-state index contributed by atoms with van der Waals surface area (Å²) in [5, 5.41) is 13.7. The number of halogens is 1. The average Bonchev–Trinajstić information content (AvgIpc) is 2.91. The molecule has 2 N–H and O–H groups in total. The van der Waals surface area contributed by atoms with Crippen LogP contribution in [0.1, 0.15) is 37.7 Å². The molecule has 0 unspecified atom stereocenters. The number of amidine groups is 1. The quantitative estimate of drug-likeness (QED) is 0.737. The molecule has 1 aliphatic carbocycles. The highest BCUT2D eigenvalue weighted by Crippen LogP contribution is 2.37. The third kappa shape index (κ3) is 3.95. The minimum Gasteiger partial charge on any atom is -0.504 e. The molecule has 1 aliphatic heterocycles. The molecule has 0 atom stereocenters. The summed E-state index contributed by atoms with van der Waals surface area (Å²) >= 11 is 4.70. The lowest BCUT2D eigenvalue weighted by Gasteiger charge is -2.17. The molecule has 5 nitrogen and oxygen atoms in total. The van der Waals surface area contributed by atoms with Crippen LogP contribution in [-0.4, -0.2) is 29.3 Å². The number of benzene rings is 1. The highest BCUT2D eigenvalue weighted by molar-refractivity contribution is 9.10. The Labute approximate surface area is 153 Å². The summed E-state index contributed by atoms with van der Waals surface area (Å²) in [5.41, 5.74) is 0.526. The third-order valence-electron chi connectivity index (χ3n) is 4.10. The lowest BCUT2D eigenvalue weighted by Crippen LogP contribution is -2.22. The molecule has 1 saturated heterocycles. The van der Waals surface area contributed by atoms with E-state index in [-0.39, 0.29) is 11.7 Å². The van der Waals surface area contributed by atoms with E-state index in [0.717, 1.165) is 17.3 Å². The number of amides is 1. The number of phenols is 1. The number of aromatic hydroxyl groups is 1. The zero-order valence-electron chi connectivity index (χ0n) is 13.3. The summed E-state index contributed by atoms with van der Waals surface area (Å²) in [5.74, 6) is 0.183. The number of carbonyl (C=O) groups is 1. The van der Waals surface area contributed by atoms with E-state index in [4.69, 9.17) is 4.74 Å². The smallest absolute Gasteiger partial charge is 0.264 e. The summed E-state index contributed by atoms with van der Waals surface area (Å²) in [6.45, 7) is 0. The molecule has 24 heavy (non-hydrogen) atoms. The van der Waals surface area contributed by atoms with E-state index in [0.29, 0.717) is 27.4 Å². The summed E-state index contributed by atoms with van der Waals surface area (Å²) in [6.07, 6.45) is 7.51. The van der Waals surface area contributed by atoms with E-state index in [1.54, 1.807) is 18.2 Å². The van der Waals surface area contributed by atoms with E-state index in [1.807, 2.05) is 0 Å². The van der Waals surface area contributed by atoms with Crippen molar-refractivity contribution in [1.82, 2.24) is 5.32 Å². The molecule has 0 radical (unpaired) electrons. The van der Waals surface area contributed by atoms with Crippen LogP contribution in [0.3, 0.4) is 0 Å². The maximum atomic E-state index is 12.2. The fraction of sp³-hybridized carbons (Fsp3) is 0.412. The number of hydrogen-bond donors (Lipinski definition) is 2. The molecular formula is C17H19BrN2O3S. The SMILES string of the molecule is COc1cc(Br)cc(/C=C2\SC(=NC3CCCCC3)NC2=O)c1O. The van der Waals surface area contributed by atoms with Gasteiger partial charge in [-0.2, -0.15) is 0 Å². The number of nitrogens with one attached hydrogen (secondary N) is 1. The van der Waals surface area contributed by atoms with Crippen molar-refractivity contribution in [2.45, 2.75) is 38.1 Å². The summed E-state index contributed by atoms with van der Waals surface area (Å²) < 4.78 is 5.91. The van der Waals surface area contributed by atoms with Crippen LogP contribution in [0.15, 0.2) is 26.5 Å². The Morgan fingerprint density at radius 1 is 1.38 bits per heavy atom.